The first kappa shape index (κ1) is 10.6. The molecule has 6 heteroatoms. The summed E-state index contributed by atoms with van der Waals surface area (Å²) in [6.07, 6.45) is 3.55. The molecule has 88 valence electrons. The Balaban J connectivity index is 1.82. The Kier molecular flexibility index (Phi) is 2.70. The van der Waals surface area contributed by atoms with Crippen molar-refractivity contribution in [1.29, 1.82) is 0 Å². The first-order valence-electron chi connectivity index (χ1n) is 5.24. The Labute approximate surface area is 103 Å². The molecule has 17 heavy (non-hydrogen) atoms. The van der Waals surface area contributed by atoms with Crippen LogP contribution in [0.25, 0.3) is 5.82 Å². The van der Waals surface area contributed by atoms with Crippen molar-refractivity contribution in [2.75, 3.05) is 13.2 Å². The average molecular weight is 252 g/mol. The molecule has 0 aliphatic carbocycles. The highest BCUT2D eigenvalue weighted by Crippen LogP contribution is 2.19. The quantitative estimate of drug-likeness (QED) is 0.833. The molecule has 0 bridgehead atoms. The Morgan fingerprint density at radius 3 is 3.00 bits per heavy atom. The predicted molar refractivity (Wildman–Crippen MR) is 61.6 cm³/mol. The molecule has 1 saturated heterocycles. The van der Waals surface area contributed by atoms with Crippen LogP contribution in [0.2, 0.25) is 5.02 Å². The molecule has 1 aliphatic rings. The van der Waals surface area contributed by atoms with E-state index in [2.05, 4.69) is 10.1 Å². The molecule has 2 aromatic heterocycles. The molecule has 1 fully saturated rings. The van der Waals surface area contributed by atoms with E-state index < -0.39 is 0 Å². The van der Waals surface area contributed by atoms with Gasteiger partial charge in [0.25, 0.3) is 0 Å². The Hall–Kier alpha value is -1.59. The van der Waals surface area contributed by atoms with Crippen LogP contribution in [-0.2, 0) is 4.74 Å². The highest BCUT2D eigenvalue weighted by atomic mass is 35.5. The summed E-state index contributed by atoms with van der Waals surface area (Å²) in [7, 11) is 0. The molecule has 0 spiro atoms. The van der Waals surface area contributed by atoms with Gasteiger partial charge in [0.2, 0.25) is 5.88 Å². The third kappa shape index (κ3) is 2.11. The maximum Gasteiger partial charge on any atom is 0.233 e. The highest BCUT2D eigenvalue weighted by Gasteiger charge is 2.21. The Bertz CT molecular complexity index is 525. The van der Waals surface area contributed by atoms with Crippen LogP contribution in [0.15, 0.2) is 30.6 Å². The number of hydrogen-bond donors (Lipinski definition) is 0. The van der Waals surface area contributed by atoms with Crippen molar-refractivity contribution >= 4 is 11.6 Å². The van der Waals surface area contributed by atoms with Gasteiger partial charge in [-0.1, -0.05) is 11.6 Å². The van der Waals surface area contributed by atoms with Gasteiger partial charge in [0.1, 0.15) is 6.10 Å². The smallest absolute Gasteiger partial charge is 0.233 e. The van der Waals surface area contributed by atoms with E-state index in [1.807, 2.05) is 0 Å². The third-order valence-corrected chi connectivity index (χ3v) is 2.71. The van der Waals surface area contributed by atoms with Crippen molar-refractivity contribution < 1.29 is 9.47 Å². The van der Waals surface area contributed by atoms with Gasteiger partial charge in [-0.05, 0) is 12.1 Å². The monoisotopic (exact) mass is 251 g/mol. The first-order valence-corrected chi connectivity index (χ1v) is 5.62. The summed E-state index contributed by atoms with van der Waals surface area (Å²) in [5.41, 5.74) is 0. The number of pyridine rings is 1. The van der Waals surface area contributed by atoms with E-state index in [9.17, 15) is 0 Å². The molecule has 3 heterocycles. The van der Waals surface area contributed by atoms with Gasteiger partial charge in [-0.25, -0.2) is 9.67 Å². The summed E-state index contributed by atoms with van der Waals surface area (Å²) in [5, 5.41) is 4.81. The van der Waals surface area contributed by atoms with Crippen LogP contribution in [0.4, 0.5) is 0 Å². The van der Waals surface area contributed by atoms with Gasteiger partial charge in [-0.2, -0.15) is 0 Å². The number of hydrogen-bond acceptors (Lipinski definition) is 4. The molecule has 0 atom stereocenters. The summed E-state index contributed by atoms with van der Waals surface area (Å²) in [5.74, 6) is 1.15. The van der Waals surface area contributed by atoms with Gasteiger partial charge in [0.05, 0.1) is 18.2 Å². The lowest BCUT2D eigenvalue weighted by Gasteiger charge is -2.25. The van der Waals surface area contributed by atoms with Crippen molar-refractivity contribution in [1.82, 2.24) is 14.8 Å². The fourth-order valence-electron chi connectivity index (χ4n) is 1.49. The van der Waals surface area contributed by atoms with Gasteiger partial charge in [-0.15, -0.1) is 5.10 Å². The summed E-state index contributed by atoms with van der Waals surface area (Å²) < 4.78 is 12.2. The lowest BCUT2D eigenvalue weighted by Crippen LogP contribution is -2.38. The van der Waals surface area contributed by atoms with Crippen LogP contribution >= 0.6 is 11.6 Å². The summed E-state index contributed by atoms with van der Waals surface area (Å²) in [6, 6.07) is 5.33. The van der Waals surface area contributed by atoms with Crippen LogP contribution in [0.1, 0.15) is 0 Å². The van der Waals surface area contributed by atoms with Crippen LogP contribution in [0.3, 0.4) is 0 Å². The largest absolute Gasteiger partial charge is 0.468 e. The van der Waals surface area contributed by atoms with Crippen LogP contribution in [0.5, 0.6) is 5.88 Å². The number of rotatable bonds is 3. The standard InChI is InChI=1S/C11H10ClN3O2/c12-9-2-1-4-13-11(9)15-5-3-10(14-15)17-8-6-16-7-8/h1-5,8H,6-7H2. The van der Waals surface area contributed by atoms with Gasteiger partial charge < -0.3 is 9.47 Å². The molecule has 0 amide bonds. The van der Waals surface area contributed by atoms with Crippen molar-refractivity contribution in [3.63, 3.8) is 0 Å². The zero-order valence-electron chi connectivity index (χ0n) is 8.91. The SMILES string of the molecule is Clc1cccnc1-n1ccc(OC2COC2)n1. The molecule has 3 rings (SSSR count). The van der Waals surface area contributed by atoms with Gasteiger partial charge in [0.15, 0.2) is 5.82 Å². The Morgan fingerprint density at radius 1 is 1.41 bits per heavy atom. The lowest BCUT2D eigenvalue weighted by atomic mass is 10.3. The zero-order valence-corrected chi connectivity index (χ0v) is 9.67. The highest BCUT2D eigenvalue weighted by molar-refractivity contribution is 6.32. The van der Waals surface area contributed by atoms with Crippen LogP contribution in [0, 0.1) is 0 Å². The minimum absolute atomic E-state index is 0.109. The molecular weight excluding hydrogens is 242 g/mol. The number of ether oxygens (including phenoxy) is 2. The second-order valence-corrected chi connectivity index (χ2v) is 4.09. The zero-order chi connectivity index (χ0) is 11.7. The molecule has 2 aromatic rings. The van der Waals surface area contributed by atoms with Crippen molar-refractivity contribution in [2.45, 2.75) is 6.10 Å². The maximum atomic E-state index is 6.03. The fraction of sp³-hybridized carbons (Fsp3) is 0.273. The van der Waals surface area contributed by atoms with E-state index in [1.54, 1.807) is 35.3 Å². The molecular formula is C11H10ClN3O2. The van der Waals surface area contributed by atoms with E-state index in [0.29, 0.717) is 29.9 Å². The van der Waals surface area contributed by atoms with Crippen molar-refractivity contribution in [2.24, 2.45) is 0 Å². The summed E-state index contributed by atoms with van der Waals surface area (Å²) >= 11 is 6.03. The van der Waals surface area contributed by atoms with E-state index in [-0.39, 0.29) is 6.10 Å². The average Bonchev–Trinajstić information content (AvgIpc) is 2.73. The summed E-state index contributed by atoms with van der Waals surface area (Å²) in [6.45, 7) is 1.24. The van der Waals surface area contributed by atoms with Crippen molar-refractivity contribution in [3.8, 4) is 11.7 Å². The van der Waals surface area contributed by atoms with E-state index in [1.165, 1.54) is 0 Å². The third-order valence-electron chi connectivity index (χ3n) is 2.42. The van der Waals surface area contributed by atoms with Crippen LogP contribution in [-0.4, -0.2) is 34.1 Å². The predicted octanol–water partition coefficient (Wildman–Crippen LogP) is 1.70. The number of nitrogens with zero attached hydrogens (tertiary/aromatic N) is 3. The lowest BCUT2D eigenvalue weighted by molar-refractivity contribution is -0.0814. The topological polar surface area (TPSA) is 49.2 Å². The second-order valence-electron chi connectivity index (χ2n) is 3.68. The van der Waals surface area contributed by atoms with Crippen molar-refractivity contribution in [3.05, 3.63) is 35.6 Å². The minimum atomic E-state index is 0.109. The number of aromatic nitrogens is 3. The van der Waals surface area contributed by atoms with Gasteiger partial charge in [0, 0.05) is 18.5 Å². The summed E-state index contributed by atoms with van der Waals surface area (Å²) in [4.78, 5) is 4.16. The van der Waals surface area contributed by atoms with E-state index in [4.69, 9.17) is 21.1 Å². The van der Waals surface area contributed by atoms with Gasteiger partial charge >= 0.3 is 0 Å². The first-order chi connectivity index (χ1) is 8.33. The van der Waals surface area contributed by atoms with E-state index in [0.717, 1.165) is 0 Å². The minimum Gasteiger partial charge on any atom is -0.468 e. The fourth-order valence-corrected chi connectivity index (χ4v) is 1.69. The molecule has 0 aromatic carbocycles. The number of halogens is 1. The molecule has 5 nitrogen and oxygen atoms in total. The van der Waals surface area contributed by atoms with Gasteiger partial charge in [-0.3, -0.25) is 0 Å². The molecule has 0 radical (unpaired) electrons. The van der Waals surface area contributed by atoms with E-state index >= 15 is 0 Å². The molecule has 0 saturated carbocycles. The van der Waals surface area contributed by atoms with Crippen LogP contribution < -0.4 is 4.74 Å². The molecule has 0 unspecified atom stereocenters. The molecule has 1 aliphatic heterocycles. The second kappa shape index (κ2) is 4.35. The maximum absolute atomic E-state index is 6.03. The Morgan fingerprint density at radius 2 is 2.29 bits per heavy atom. The normalized spacial score (nSPS) is 15.6. The molecule has 0 N–H and O–H groups in total.